The zero-order valence-electron chi connectivity index (χ0n) is 18.8. The highest BCUT2D eigenvalue weighted by Gasteiger charge is 2.38. The van der Waals surface area contributed by atoms with Gasteiger partial charge in [-0.25, -0.2) is 0 Å². The molecule has 1 atom stereocenters. The number of methoxy groups -OCH3 is 2. The minimum Gasteiger partial charge on any atom is -0.497 e. The maximum absolute atomic E-state index is 12.8. The highest BCUT2D eigenvalue weighted by molar-refractivity contribution is 7.87. The fourth-order valence-corrected chi connectivity index (χ4v) is 4.50. The van der Waals surface area contributed by atoms with E-state index in [1.807, 2.05) is 24.3 Å². The molecule has 8 heteroatoms. The fourth-order valence-electron chi connectivity index (χ4n) is 3.55. The maximum Gasteiger partial charge on any atom is 0.339 e. The van der Waals surface area contributed by atoms with Gasteiger partial charge in [0.25, 0.3) is 0 Å². The van der Waals surface area contributed by atoms with Crippen molar-refractivity contribution in [3.8, 4) is 11.5 Å². The van der Waals surface area contributed by atoms with Gasteiger partial charge in [0.2, 0.25) is 0 Å². The van der Waals surface area contributed by atoms with E-state index < -0.39 is 21.6 Å². The number of carbonyl (C=O) groups excluding carboxylic acids is 1. The second-order valence-corrected chi connectivity index (χ2v) is 9.07. The van der Waals surface area contributed by atoms with E-state index in [1.54, 1.807) is 56.6 Å². The monoisotopic (exact) mass is 469 g/mol. The Balaban J connectivity index is 1.80. The molecule has 1 unspecified atom stereocenters. The van der Waals surface area contributed by atoms with E-state index in [-0.39, 0.29) is 10.6 Å². The average molecular weight is 470 g/mol. The van der Waals surface area contributed by atoms with Crippen LogP contribution in [0.2, 0.25) is 0 Å². The van der Waals surface area contributed by atoms with Gasteiger partial charge in [-0.2, -0.15) is 8.42 Å². The molecule has 0 saturated heterocycles. The molecule has 0 aromatic heterocycles. The van der Waals surface area contributed by atoms with Crippen LogP contribution in [-0.2, 0) is 32.5 Å². The van der Waals surface area contributed by atoms with Crippen molar-refractivity contribution < 1.29 is 26.9 Å². The Morgan fingerprint density at radius 2 is 1.33 bits per heavy atom. The van der Waals surface area contributed by atoms with Crippen molar-refractivity contribution in [2.45, 2.75) is 23.3 Å². The SMILES string of the molecule is CNC(Cc1ccc(OC)cc1)(Cc1ccc(OS(=O)(=O)c2ccccc2)cc1)C(=O)OC. The van der Waals surface area contributed by atoms with Crippen LogP contribution in [0.15, 0.2) is 83.8 Å². The molecule has 7 nitrogen and oxygen atoms in total. The molecule has 3 rings (SSSR count). The van der Waals surface area contributed by atoms with Crippen molar-refractivity contribution >= 4 is 16.1 Å². The lowest BCUT2D eigenvalue weighted by Gasteiger charge is -2.31. The van der Waals surface area contributed by atoms with E-state index in [9.17, 15) is 13.2 Å². The summed E-state index contributed by atoms with van der Waals surface area (Å²) < 4.78 is 40.4. The summed E-state index contributed by atoms with van der Waals surface area (Å²) in [6.45, 7) is 0. The number of hydrogen-bond donors (Lipinski definition) is 1. The molecule has 0 radical (unpaired) electrons. The lowest BCUT2D eigenvalue weighted by atomic mass is 9.84. The van der Waals surface area contributed by atoms with Crippen LogP contribution in [0.1, 0.15) is 11.1 Å². The molecule has 0 aliphatic rings. The molecular formula is C25H27NO6S. The Morgan fingerprint density at radius 1 is 0.818 bits per heavy atom. The summed E-state index contributed by atoms with van der Waals surface area (Å²) in [5.74, 6) is 0.520. The number of likely N-dealkylation sites (N-methyl/N-ethyl adjacent to an activating group) is 1. The molecule has 0 saturated carbocycles. The highest BCUT2D eigenvalue weighted by Crippen LogP contribution is 2.25. The number of esters is 1. The number of benzene rings is 3. The van der Waals surface area contributed by atoms with Crippen molar-refractivity contribution in [1.29, 1.82) is 0 Å². The first kappa shape index (κ1) is 24.3. The first-order valence-corrected chi connectivity index (χ1v) is 11.7. The van der Waals surface area contributed by atoms with Gasteiger partial charge in [0.15, 0.2) is 0 Å². The van der Waals surface area contributed by atoms with Gasteiger partial charge < -0.3 is 19.0 Å². The Morgan fingerprint density at radius 3 is 1.79 bits per heavy atom. The van der Waals surface area contributed by atoms with Gasteiger partial charge in [0, 0.05) is 12.8 Å². The van der Waals surface area contributed by atoms with Crippen LogP contribution in [0.25, 0.3) is 0 Å². The van der Waals surface area contributed by atoms with E-state index in [4.69, 9.17) is 13.7 Å². The summed E-state index contributed by atoms with van der Waals surface area (Å²) in [5.41, 5.74) is 0.735. The molecule has 0 heterocycles. The quantitative estimate of drug-likeness (QED) is 0.360. The Bertz CT molecular complexity index is 1160. The summed E-state index contributed by atoms with van der Waals surface area (Å²) in [4.78, 5) is 12.9. The van der Waals surface area contributed by atoms with Gasteiger partial charge >= 0.3 is 16.1 Å². The number of hydrogen-bond acceptors (Lipinski definition) is 7. The highest BCUT2D eigenvalue weighted by atomic mass is 32.2. The minimum atomic E-state index is -3.93. The molecule has 33 heavy (non-hydrogen) atoms. The van der Waals surface area contributed by atoms with E-state index in [0.29, 0.717) is 12.8 Å². The summed E-state index contributed by atoms with van der Waals surface area (Å²) in [5, 5.41) is 3.13. The zero-order valence-corrected chi connectivity index (χ0v) is 19.6. The van der Waals surface area contributed by atoms with E-state index in [1.165, 1.54) is 19.2 Å². The van der Waals surface area contributed by atoms with Crippen molar-refractivity contribution in [2.75, 3.05) is 21.3 Å². The first-order chi connectivity index (χ1) is 15.8. The van der Waals surface area contributed by atoms with Gasteiger partial charge in [0.1, 0.15) is 21.9 Å². The van der Waals surface area contributed by atoms with Gasteiger partial charge in [0.05, 0.1) is 14.2 Å². The van der Waals surface area contributed by atoms with Crippen LogP contribution in [0.4, 0.5) is 0 Å². The standard InChI is InChI=1S/C25H27NO6S/c1-26-25(24(27)31-3,17-19-9-13-21(30-2)14-10-19)18-20-11-15-22(16-12-20)32-33(28,29)23-7-5-4-6-8-23/h4-16,26H,17-18H2,1-3H3. The number of rotatable bonds is 10. The fraction of sp³-hybridized carbons (Fsp3) is 0.240. The summed E-state index contributed by atoms with van der Waals surface area (Å²) in [6, 6.07) is 22.0. The third-order valence-corrected chi connectivity index (χ3v) is 6.65. The molecule has 0 fully saturated rings. The Labute approximate surface area is 194 Å². The summed E-state index contributed by atoms with van der Waals surface area (Å²) >= 11 is 0. The Hall–Kier alpha value is -3.36. The van der Waals surface area contributed by atoms with Crippen molar-refractivity contribution in [2.24, 2.45) is 0 Å². The predicted octanol–water partition coefficient (Wildman–Crippen LogP) is 3.38. The summed E-state index contributed by atoms with van der Waals surface area (Å²) in [6.07, 6.45) is 0.717. The molecule has 3 aromatic rings. The number of nitrogens with one attached hydrogen (secondary N) is 1. The molecular weight excluding hydrogens is 442 g/mol. The molecule has 174 valence electrons. The smallest absolute Gasteiger partial charge is 0.339 e. The summed E-state index contributed by atoms with van der Waals surface area (Å²) in [7, 11) is 0.738. The zero-order chi connectivity index (χ0) is 23.9. The molecule has 0 aliphatic heterocycles. The van der Waals surface area contributed by atoms with Gasteiger partial charge in [-0.15, -0.1) is 0 Å². The molecule has 0 bridgehead atoms. The second-order valence-electron chi connectivity index (χ2n) is 7.52. The van der Waals surface area contributed by atoms with Gasteiger partial charge in [-0.05, 0) is 54.6 Å². The normalized spacial score (nSPS) is 13.1. The Kier molecular flexibility index (Phi) is 7.73. The number of carbonyl (C=O) groups is 1. The number of ether oxygens (including phenoxy) is 2. The van der Waals surface area contributed by atoms with Gasteiger partial charge in [-0.3, -0.25) is 4.79 Å². The molecule has 0 amide bonds. The third-order valence-electron chi connectivity index (χ3n) is 5.39. The van der Waals surface area contributed by atoms with E-state index in [0.717, 1.165) is 16.9 Å². The minimum absolute atomic E-state index is 0.0773. The topological polar surface area (TPSA) is 90.9 Å². The maximum atomic E-state index is 12.8. The first-order valence-electron chi connectivity index (χ1n) is 10.3. The molecule has 1 N–H and O–H groups in total. The largest absolute Gasteiger partial charge is 0.497 e. The molecule has 0 spiro atoms. The average Bonchev–Trinajstić information content (AvgIpc) is 2.85. The van der Waals surface area contributed by atoms with Crippen LogP contribution in [-0.4, -0.2) is 41.2 Å². The van der Waals surface area contributed by atoms with Crippen LogP contribution >= 0.6 is 0 Å². The lowest BCUT2D eigenvalue weighted by molar-refractivity contribution is -0.148. The molecule has 3 aromatic carbocycles. The van der Waals surface area contributed by atoms with Gasteiger partial charge in [-0.1, -0.05) is 42.5 Å². The van der Waals surface area contributed by atoms with Crippen LogP contribution < -0.4 is 14.2 Å². The predicted molar refractivity (Wildman–Crippen MR) is 125 cm³/mol. The van der Waals surface area contributed by atoms with Crippen molar-refractivity contribution in [1.82, 2.24) is 5.32 Å². The van der Waals surface area contributed by atoms with Crippen molar-refractivity contribution in [3.05, 3.63) is 90.0 Å². The lowest BCUT2D eigenvalue weighted by Crippen LogP contribution is -2.54. The van der Waals surface area contributed by atoms with Crippen LogP contribution in [0.5, 0.6) is 11.5 Å². The second kappa shape index (κ2) is 10.5. The van der Waals surface area contributed by atoms with Crippen molar-refractivity contribution in [3.63, 3.8) is 0 Å². The van der Waals surface area contributed by atoms with Crippen LogP contribution in [0, 0.1) is 0 Å². The van der Waals surface area contributed by atoms with Crippen LogP contribution in [0.3, 0.4) is 0 Å². The van der Waals surface area contributed by atoms with E-state index >= 15 is 0 Å². The molecule has 0 aliphatic carbocycles. The third kappa shape index (κ3) is 5.91. The van der Waals surface area contributed by atoms with E-state index in [2.05, 4.69) is 5.32 Å².